The Hall–Kier alpha value is -1.18. The summed E-state index contributed by atoms with van der Waals surface area (Å²) in [5.41, 5.74) is 2.14. The molecule has 7 heteroatoms. The van der Waals surface area contributed by atoms with E-state index >= 15 is 0 Å². The van der Waals surface area contributed by atoms with Gasteiger partial charge >= 0.3 is 0 Å². The number of hydrogen-bond donors (Lipinski definition) is 0. The van der Waals surface area contributed by atoms with Gasteiger partial charge < -0.3 is 4.90 Å². The van der Waals surface area contributed by atoms with Crippen LogP contribution in [0.25, 0.3) is 5.57 Å². The van der Waals surface area contributed by atoms with Crippen molar-refractivity contribution in [2.75, 3.05) is 18.5 Å². The number of halogens is 1. The third-order valence-corrected chi connectivity index (χ3v) is 5.95. The summed E-state index contributed by atoms with van der Waals surface area (Å²) in [5, 5.41) is 0. The Labute approximate surface area is 153 Å². The predicted octanol–water partition coefficient (Wildman–Crippen LogP) is 3.80. The minimum absolute atomic E-state index is 0.111. The molecule has 2 heterocycles. The van der Waals surface area contributed by atoms with Crippen LogP contribution < -0.4 is 4.90 Å². The van der Waals surface area contributed by atoms with Crippen LogP contribution in [0.15, 0.2) is 27.6 Å². The van der Waals surface area contributed by atoms with Crippen LogP contribution in [0, 0.1) is 0 Å². The monoisotopic (exact) mass is 410 g/mol. The number of amides is 2. The standard InChI is InChI=1S/C16H15BrN2O2S2/c1-3-4-7-19-11-6-5-9(17)8-10(11)12(14(19)20)13-15(21)18(2)16(22)23-13/h5-6,8H,3-4,7H2,1-2H3. The van der Waals surface area contributed by atoms with Crippen molar-refractivity contribution in [3.05, 3.63) is 33.1 Å². The first kappa shape index (κ1) is 16.7. The quantitative estimate of drug-likeness (QED) is 0.561. The zero-order valence-corrected chi connectivity index (χ0v) is 16.0. The first-order valence-corrected chi connectivity index (χ1v) is 9.33. The number of carbonyl (C=O) groups is 2. The fourth-order valence-electron chi connectivity index (χ4n) is 2.65. The van der Waals surface area contributed by atoms with Crippen molar-refractivity contribution in [3.63, 3.8) is 0 Å². The van der Waals surface area contributed by atoms with Crippen LogP contribution in [0.5, 0.6) is 0 Å². The number of anilines is 1. The molecule has 4 nitrogen and oxygen atoms in total. The number of likely N-dealkylation sites (N-methyl/N-ethyl adjacent to an activating group) is 1. The zero-order chi connectivity index (χ0) is 16.7. The fourth-order valence-corrected chi connectivity index (χ4v) is 4.27. The lowest BCUT2D eigenvalue weighted by molar-refractivity contribution is -0.121. The fraction of sp³-hybridized carbons (Fsp3) is 0.312. The van der Waals surface area contributed by atoms with Gasteiger partial charge in [-0.3, -0.25) is 14.5 Å². The maximum atomic E-state index is 13.0. The number of nitrogens with zero attached hydrogens (tertiary/aromatic N) is 2. The van der Waals surface area contributed by atoms with E-state index in [4.69, 9.17) is 12.2 Å². The Balaban J connectivity index is 2.16. The van der Waals surface area contributed by atoms with Crippen molar-refractivity contribution in [2.24, 2.45) is 0 Å². The van der Waals surface area contributed by atoms with Gasteiger partial charge in [0.2, 0.25) is 0 Å². The number of unbranched alkanes of at least 4 members (excludes halogenated alkanes) is 1. The molecule has 0 bridgehead atoms. The average molecular weight is 411 g/mol. The van der Waals surface area contributed by atoms with Crippen molar-refractivity contribution >= 4 is 67.3 Å². The number of thioether (sulfide) groups is 1. The molecular formula is C16H15BrN2O2S2. The third kappa shape index (κ3) is 2.75. The Morgan fingerprint density at radius 3 is 2.61 bits per heavy atom. The first-order chi connectivity index (χ1) is 11.0. The van der Waals surface area contributed by atoms with Gasteiger partial charge in [0, 0.05) is 23.6 Å². The normalized spacial score (nSPS) is 20.7. The zero-order valence-electron chi connectivity index (χ0n) is 12.8. The Morgan fingerprint density at radius 1 is 1.26 bits per heavy atom. The van der Waals surface area contributed by atoms with E-state index in [2.05, 4.69) is 22.9 Å². The lowest BCUT2D eigenvalue weighted by Gasteiger charge is -2.16. The van der Waals surface area contributed by atoms with Crippen molar-refractivity contribution in [3.8, 4) is 0 Å². The molecule has 23 heavy (non-hydrogen) atoms. The summed E-state index contributed by atoms with van der Waals surface area (Å²) >= 11 is 9.85. The maximum absolute atomic E-state index is 13.0. The van der Waals surface area contributed by atoms with Gasteiger partial charge in [-0.05, 0) is 24.6 Å². The summed E-state index contributed by atoms with van der Waals surface area (Å²) in [4.78, 5) is 29.0. The van der Waals surface area contributed by atoms with E-state index < -0.39 is 0 Å². The smallest absolute Gasteiger partial charge is 0.266 e. The molecule has 0 aromatic heterocycles. The molecule has 0 aliphatic carbocycles. The van der Waals surface area contributed by atoms with Gasteiger partial charge in [0.05, 0.1) is 16.2 Å². The van der Waals surface area contributed by atoms with Gasteiger partial charge in [0.1, 0.15) is 4.32 Å². The van der Waals surface area contributed by atoms with Crippen LogP contribution in [0.2, 0.25) is 0 Å². The highest BCUT2D eigenvalue weighted by atomic mass is 79.9. The molecule has 0 atom stereocenters. The molecule has 2 aliphatic rings. The Kier molecular flexibility index (Phi) is 4.62. The third-order valence-electron chi connectivity index (χ3n) is 3.90. The average Bonchev–Trinajstić information content (AvgIpc) is 2.93. The van der Waals surface area contributed by atoms with Crippen molar-refractivity contribution in [2.45, 2.75) is 19.8 Å². The molecule has 3 rings (SSSR count). The van der Waals surface area contributed by atoms with Gasteiger partial charge in [-0.15, -0.1) is 0 Å². The number of thiocarbonyl (C=S) groups is 1. The predicted molar refractivity (Wildman–Crippen MR) is 101 cm³/mol. The second kappa shape index (κ2) is 6.37. The van der Waals surface area contributed by atoms with Crippen molar-refractivity contribution in [1.82, 2.24) is 4.90 Å². The summed E-state index contributed by atoms with van der Waals surface area (Å²) in [6, 6.07) is 5.74. The lowest BCUT2D eigenvalue weighted by atomic mass is 10.1. The summed E-state index contributed by atoms with van der Waals surface area (Å²) < 4.78 is 1.36. The maximum Gasteiger partial charge on any atom is 0.266 e. The summed E-state index contributed by atoms with van der Waals surface area (Å²) in [5.74, 6) is -0.313. The van der Waals surface area contributed by atoms with Crippen LogP contribution in [0.4, 0.5) is 5.69 Å². The second-order valence-corrected chi connectivity index (χ2v) is 7.97. The molecule has 2 amide bonds. The number of hydrogen-bond acceptors (Lipinski definition) is 4. The van der Waals surface area contributed by atoms with E-state index in [1.54, 1.807) is 11.9 Å². The van der Waals surface area contributed by atoms with Crippen LogP contribution in [0.3, 0.4) is 0 Å². The molecule has 120 valence electrons. The van der Waals surface area contributed by atoms with Crippen LogP contribution >= 0.6 is 39.9 Å². The van der Waals surface area contributed by atoms with Gasteiger partial charge in [0.15, 0.2) is 0 Å². The molecule has 0 saturated carbocycles. The van der Waals surface area contributed by atoms with Crippen molar-refractivity contribution < 1.29 is 9.59 Å². The van der Waals surface area contributed by atoms with Crippen molar-refractivity contribution in [1.29, 1.82) is 0 Å². The van der Waals surface area contributed by atoms with E-state index in [0.717, 1.165) is 28.6 Å². The van der Waals surface area contributed by atoms with Crippen LogP contribution in [-0.4, -0.2) is 34.6 Å². The molecule has 2 aliphatic heterocycles. The van der Waals surface area contributed by atoms with Gasteiger partial charge in [0.25, 0.3) is 11.8 Å². The Morgan fingerprint density at radius 2 is 2.00 bits per heavy atom. The lowest BCUT2D eigenvalue weighted by Crippen LogP contribution is -2.28. The molecular weight excluding hydrogens is 396 g/mol. The topological polar surface area (TPSA) is 40.6 Å². The van der Waals surface area contributed by atoms with Gasteiger partial charge in [-0.25, -0.2) is 0 Å². The molecule has 0 spiro atoms. The minimum atomic E-state index is -0.202. The van der Waals surface area contributed by atoms with E-state index in [9.17, 15) is 9.59 Å². The van der Waals surface area contributed by atoms with E-state index in [1.807, 2.05) is 18.2 Å². The van der Waals surface area contributed by atoms with E-state index in [-0.39, 0.29) is 11.8 Å². The highest BCUT2D eigenvalue weighted by Crippen LogP contribution is 2.45. The largest absolute Gasteiger partial charge is 0.308 e. The highest BCUT2D eigenvalue weighted by molar-refractivity contribution is 9.10. The number of benzene rings is 1. The van der Waals surface area contributed by atoms with Crippen LogP contribution in [-0.2, 0) is 9.59 Å². The molecule has 1 aromatic rings. The second-order valence-electron chi connectivity index (χ2n) is 5.41. The summed E-state index contributed by atoms with van der Waals surface area (Å²) in [7, 11) is 1.64. The molecule has 0 radical (unpaired) electrons. The Bertz CT molecular complexity index is 760. The molecule has 1 fully saturated rings. The van der Waals surface area contributed by atoms with E-state index in [0.29, 0.717) is 21.3 Å². The SMILES string of the molecule is CCCCN1C(=O)C(=C2SC(=S)N(C)C2=O)c2cc(Br)ccc21. The minimum Gasteiger partial charge on any atom is -0.308 e. The molecule has 0 N–H and O–H groups in total. The van der Waals surface area contributed by atoms with E-state index in [1.165, 1.54) is 16.7 Å². The molecule has 1 aromatic carbocycles. The molecule has 0 unspecified atom stereocenters. The first-order valence-electron chi connectivity index (χ1n) is 7.31. The summed E-state index contributed by atoms with van der Waals surface area (Å²) in [6.07, 6.45) is 1.92. The van der Waals surface area contributed by atoms with Crippen LogP contribution in [0.1, 0.15) is 25.3 Å². The molecule has 1 saturated heterocycles. The van der Waals surface area contributed by atoms with Gasteiger partial charge in [-0.1, -0.05) is 53.3 Å². The number of carbonyl (C=O) groups excluding carboxylic acids is 2. The highest BCUT2D eigenvalue weighted by Gasteiger charge is 2.40. The summed E-state index contributed by atoms with van der Waals surface area (Å²) in [6.45, 7) is 2.74. The number of rotatable bonds is 3. The van der Waals surface area contributed by atoms with Gasteiger partial charge in [-0.2, -0.15) is 0 Å². The number of fused-ring (bicyclic) bond motifs is 1.